The molecule has 0 unspecified atom stereocenters. The van der Waals surface area contributed by atoms with Gasteiger partial charge in [0.1, 0.15) is 6.61 Å². The molecule has 1 aromatic carbocycles. The molecule has 1 aliphatic heterocycles. The van der Waals surface area contributed by atoms with Crippen LogP contribution in [-0.4, -0.2) is 12.3 Å². The van der Waals surface area contributed by atoms with Crippen LogP contribution in [0.2, 0.25) is 5.02 Å². The molecule has 0 atom stereocenters. The van der Waals surface area contributed by atoms with Crippen molar-refractivity contribution in [2.75, 3.05) is 12.3 Å². The molecule has 2 rings (SSSR count). The van der Waals surface area contributed by atoms with E-state index in [1.807, 2.05) is 12.1 Å². The summed E-state index contributed by atoms with van der Waals surface area (Å²) < 4.78 is 0. The molecule has 0 radical (unpaired) electrons. The summed E-state index contributed by atoms with van der Waals surface area (Å²) in [4.78, 5) is 4.90. The van der Waals surface area contributed by atoms with Gasteiger partial charge in [-0.3, -0.25) is 0 Å². The lowest BCUT2D eigenvalue weighted by Gasteiger charge is -2.04. The molecule has 0 bridgehead atoms. The van der Waals surface area contributed by atoms with E-state index in [1.54, 1.807) is 6.07 Å². The normalized spacial score (nSPS) is 15.3. The number of nitrogens with zero attached hydrogens (tertiary/aromatic N) is 1. The smallest absolute Gasteiger partial charge is 0.122 e. The maximum atomic E-state index is 5.99. The van der Waals surface area contributed by atoms with Gasteiger partial charge in [-0.25, -0.2) is 0 Å². The summed E-state index contributed by atoms with van der Waals surface area (Å²) in [7, 11) is 0. The molecule has 0 spiro atoms. The van der Waals surface area contributed by atoms with Crippen molar-refractivity contribution >= 4 is 23.0 Å². The zero-order chi connectivity index (χ0) is 9.26. The number of rotatable bonds is 1. The summed E-state index contributed by atoms with van der Waals surface area (Å²) in [6, 6.07) is 5.42. The number of hydrogen-bond acceptors (Lipinski definition) is 3. The van der Waals surface area contributed by atoms with Crippen LogP contribution in [0.4, 0.5) is 5.69 Å². The monoisotopic (exact) mass is 196 g/mol. The Morgan fingerprint density at radius 1 is 1.46 bits per heavy atom. The van der Waals surface area contributed by atoms with E-state index in [0.717, 1.165) is 17.7 Å². The van der Waals surface area contributed by atoms with Gasteiger partial charge in [0, 0.05) is 17.7 Å². The highest BCUT2D eigenvalue weighted by Gasteiger charge is 2.16. The van der Waals surface area contributed by atoms with Crippen LogP contribution >= 0.6 is 11.6 Å². The Balaban J connectivity index is 2.49. The zero-order valence-corrected chi connectivity index (χ0v) is 7.71. The van der Waals surface area contributed by atoms with Gasteiger partial charge in [0.15, 0.2) is 0 Å². The van der Waals surface area contributed by atoms with Gasteiger partial charge in [-0.2, -0.15) is 0 Å². The number of oxime groups is 1. The van der Waals surface area contributed by atoms with Crippen molar-refractivity contribution in [2.45, 2.75) is 6.42 Å². The van der Waals surface area contributed by atoms with Crippen LogP contribution in [0.15, 0.2) is 23.4 Å². The first-order chi connectivity index (χ1) is 6.29. The van der Waals surface area contributed by atoms with Crippen molar-refractivity contribution in [3.05, 3.63) is 28.8 Å². The van der Waals surface area contributed by atoms with E-state index in [2.05, 4.69) is 5.16 Å². The molecule has 0 amide bonds. The number of hydrogen-bond donors (Lipinski definition) is 1. The van der Waals surface area contributed by atoms with Crippen LogP contribution in [0, 0.1) is 0 Å². The third-order valence-electron chi connectivity index (χ3n) is 1.94. The predicted molar refractivity (Wildman–Crippen MR) is 53.0 cm³/mol. The summed E-state index contributed by atoms with van der Waals surface area (Å²) in [6.45, 7) is 0.611. The number of anilines is 1. The maximum Gasteiger partial charge on any atom is 0.122 e. The van der Waals surface area contributed by atoms with Crippen molar-refractivity contribution in [3.8, 4) is 0 Å². The van der Waals surface area contributed by atoms with Gasteiger partial charge < -0.3 is 10.6 Å². The minimum absolute atomic E-state index is 0.611. The average molecular weight is 197 g/mol. The highest BCUT2D eigenvalue weighted by atomic mass is 35.5. The quantitative estimate of drug-likeness (QED) is 0.699. The molecule has 0 saturated carbocycles. The van der Waals surface area contributed by atoms with Crippen molar-refractivity contribution < 1.29 is 4.84 Å². The molecule has 0 fully saturated rings. The number of nitrogens with two attached hydrogens (primary N) is 1. The van der Waals surface area contributed by atoms with E-state index >= 15 is 0 Å². The van der Waals surface area contributed by atoms with Crippen LogP contribution in [-0.2, 0) is 4.84 Å². The zero-order valence-electron chi connectivity index (χ0n) is 6.96. The van der Waals surface area contributed by atoms with Crippen LogP contribution in [0.1, 0.15) is 12.0 Å². The highest BCUT2D eigenvalue weighted by Crippen LogP contribution is 2.25. The molecular weight excluding hydrogens is 188 g/mol. The van der Waals surface area contributed by atoms with Gasteiger partial charge in [-0.15, -0.1) is 0 Å². The second-order valence-corrected chi connectivity index (χ2v) is 3.23. The fraction of sp³-hybridized carbons (Fsp3) is 0.222. The fourth-order valence-corrected chi connectivity index (χ4v) is 1.62. The van der Waals surface area contributed by atoms with Crippen molar-refractivity contribution in [2.24, 2.45) is 5.16 Å². The van der Waals surface area contributed by atoms with Crippen molar-refractivity contribution in [1.29, 1.82) is 0 Å². The minimum atomic E-state index is 0.611. The fourth-order valence-electron chi connectivity index (χ4n) is 1.33. The van der Waals surface area contributed by atoms with E-state index in [1.165, 1.54) is 0 Å². The third kappa shape index (κ3) is 1.47. The highest BCUT2D eigenvalue weighted by molar-refractivity contribution is 6.35. The second-order valence-electron chi connectivity index (χ2n) is 2.83. The molecule has 0 aliphatic carbocycles. The predicted octanol–water partition coefficient (Wildman–Crippen LogP) is 2.05. The van der Waals surface area contributed by atoms with E-state index < -0.39 is 0 Å². The number of nitrogen functional groups attached to an aromatic ring is 1. The van der Waals surface area contributed by atoms with Crippen LogP contribution in [0.25, 0.3) is 0 Å². The van der Waals surface area contributed by atoms with Gasteiger partial charge in [-0.1, -0.05) is 22.8 Å². The number of halogens is 1. The Kier molecular flexibility index (Phi) is 2.10. The molecule has 2 N–H and O–H groups in total. The SMILES string of the molecule is Nc1cccc(Cl)c1C1=NOCC1. The molecule has 4 heteroatoms. The Morgan fingerprint density at radius 2 is 2.31 bits per heavy atom. The lowest BCUT2D eigenvalue weighted by Crippen LogP contribution is -2.03. The molecule has 68 valence electrons. The molecule has 1 aromatic rings. The van der Waals surface area contributed by atoms with E-state index in [9.17, 15) is 0 Å². The second kappa shape index (κ2) is 3.26. The van der Waals surface area contributed by atoms with Crippen molar-refractivity contribution in [1.82, 2.24) is 0 Å². The average Bonchev–Trinajstić information content (AvgIpc) is 2.57. The molecule has 0 aromatic heterocycles. The van der Waals surface area contributed by atoms with Gasteiger partial charge in [0.2, 0.25) is 0 Å². The van der Waals surface area contributed by atoms with E-state index in [0.29, 0.717) is 17.3 Å². The summed E-state index contributed by atoms with van der Waals surface area (Å²) in [5.41, 5.74) is 8.07. The lowest BCUT2D eigenvalue weighted by atomic mass is 10.1. The minimum Gasteiger partial charge on any atom is -0.398 e. The molecular formula is C9H9ClN2O. The van der Waals surface area contributed by atoms with Crippen LogP contribution < -0.4 is 5.73 Å². The Hall–Kier alpha value is -1.22. The Bertz CT molecular complexity index is 342. The molecule has 0 saturated heterocycles. The van der Waals surface area contributed by atoms with Gasteiger partial charge in [0.25, 0.3) is 0 Å². The topological polar surface area (TPSA) is 47.6 Å². The summed E-state index contributed by atoms with van der Waals surface area (Å²) in [5, 5.41) is 4.51. The van der Waals surface area contributed by atoms with Crippen LogP contribution in [0.3, 0.4) is 0 Å². The largest absolute Gasteiger partial charge is 0.398 e. The third-order valence-corrected chi connectivity index (χ3v) is 2.25. The molecule has 1 aliphatic rings. The van der Waals surface area contributed by atoms with Crippen molar-refractivity contribution in [3.63, 3.8) is 0 Å². The number of benzene rings is 1. The molecule has 1 heterocycles. The van der Waals surface area contributed by atoms with E-state index in [-0.39, 0.29) is 0 Å². The van der Waals surface area contributed by atoms with E-state index in [4.69, 9.17) is 22.2 Å². The Morgan fingerprint density at radius 3 is 2.92 bits per heavy atom. The van der Waals surface area contributed by atoms with Gasteiger partial charge in [-0.05, 0) is 12.1 Å². The van der Waals surface area contributed by atoms with Gasteiger partial charge >= 0.3 is 0 Å². The first-order valence-electron chi connectivity index (χ1n) is 4.02. The first-order valence-corrected chi connectivity index (χ1v) is 4.40. The molecule has 3 nitrogen and oxygen atoms in total. The van der Waals surface area contributed by atoms with Crippen LogP contribution in [0.5, 0.6) is 0 Å². The summed E-state index contributed by atoms with van der Waals surface area (Å²) >= 11 is 5.99. The summed E-state index contributed by atoms with van der Waals surface area (Å²) in [6.07, 6.45) is 0.772. The maximum absolute atomic E-state index is 5.99. The Labute approximate surface area is 81.1 Å². The van der Waals surface area contributed by atoms with Gasteiger partial charge in [0.05, 0.1) is 10.7 Å². The standard InChI is InChI=1S/C9H9ClN2O/c10-6-2-1-3-7(11)9(6)8-4-5-13-12-8/h1-3H,4-5,11H2. The first kappa shape index (κ1) is 8.38. The lowest BCUT2D eigenvalue weighted by molar-refractivity contribution is 0.174. The molecule has 13 heavy (non-hydrogen) atoms. The summed E-state index contributed by atoms with van der Waals surface area (Å²) in [5.74, 6) is 0.